The van der Waals surface area contributed by atoms with Crippen molar-refractivity contribution in [3.05, 3.63) is 21.9 Å². The summed E-state index contributed by atoms with van der Waals surface area (Å²) in [5.74, 6) is 0.691. The first kappa shape index (κ1) is 12.0. The first-order valence-electron chi connectivity index (χ1n) is 7.23. The Bertz CT molecular complexity index is 488. The highest BCUT2D eigenvalue weighted by atomic mass is 16.1. The first-order valence-corrected chi connectivity index (χ1v) is 7.23. The number of H-pyrrole nitrogens is 1. The van der Waals surface area contributed by atoms with E-state index in [1.54, 1.807) is 0 Å². The molecule has 0 bridgehead atoms. The number of aryl methyl sites for hydroxylation is 1. The topological polar surface area (TPSA) is 63.8 Å². The Hall–Kier alpha value is -1.03. The summed E-state index contributed by atoms with van der Waals surface area (Å²) >= 11 is 0. The van der Waals surface area contributed by atoms with Crippen LogP contribution in [-0.2, 0) is 12.8 Å². The molecular weight excluding hydrogens is 226 g/mol. The zero-order chi connectivity index (χ0) is 12.7. The maximum atomic E-state index is 12.2. The Morgan fingerprint density at radius 3 is 2.94 bits per heavy atom. The van der Waals surface area contributed by atoms with Gasteiger partial charge in [-0.2, -0.15) is 0 Å². The van der Waals surface area contributed by atoms with E-state index >= 15 is 0 Å². The van der Waals surface area contributed by atoms with Crippen LogP contribution in [0.25, 0.3) is 0 Å². The van der Waals surface area contributed by atoms with E-state index in [0.717, 1.165) is 38.5 Å². The van der Waals surface area contributed by atoms with Crippen LogP contribution in [0, 0.1) is 5.92 Å². The van der Waals surface area contributed by atoms with Crippen molar-refractivity contribution < 1.29 is 0 Å². The molecule has 4 heteroatoms. The van der Waals surface area contributed by atoms with Crippen LogP contribution in [0.1, 0.15) is 56.5 Å². The van der Waals surface area contributed by atoms with Gasteiger partial charge in [0.05, 0.1) is 0 Å². The predicted octanol–water partition coefficient (Wildman–Crippen LogP) is 1.74. The van der Waals surface area contributed by atoms with Crippen LogP contribution >= 0.6 is 0 Å². The van der Waals surface area contributed by atoms with Crippen LogP contribution in [0.4, 0.5) is 0 Å². The van der Waals surface area contributed by atoms with Gasteiger partial charge in [-0.05, 0) is 50.9 Å². The molecule has 0 radical (unpaired) electrons. The van der Waals surface area contributed by atoms with E-state index in [9.17, 15) is 4.79 Å². The van der Waals surface area contributed by atoms with Crippen LogP contribution in [0.5, 0.6) is 0 Å². The zero-order valence-corrected chi connectivity index (χ0v) is 11.1. The molecule has 3 atom stereocenters. The largest absolute Gasteiger partial charge is 0.328 e. The average Bonchev–Trinajstić information content (AvgIpc) is 2.64. The molecule has 18 heavy (non-hydrogen) atoms. The molecule has 1 fully saturated rings. The number of hydrogen-bond acceptors (Lipinski definition) is 2. The Kier molecular flexibility index (Phi) is 3.06. The smallest absolute Gasteiger partial charge is 0.326 e. The maximum absolute atomic E-state index is 12.2. The SMILES string of the molecule is CC1CCc2[nH]c(=O)n(C3CCCC(N)C3)c2C1. The number of nitrogens with one attached hydrogen (secondary N) is 1. The standard InChI is InChI=1S/C14H23N3O/c1-9-5-6-12-13(7-9)17(14(18)16-12)11-4-2-3-10(15)8-11/h9-11H,2-8,15H2,1H3,(H,16,18). The summed E-state index contributed by atoms with van der Waals surface area (Å²) in [5.41, 5.74) is 8.59. The highest BCUT2D eigenvalue weighted by Crippen LogP contribution is 2.31. The summed E-state index contributed by atoms with van der Waals surface area (Å²) < 4.78 is 2.03. The lowest BCUT2D eigenvalue weighted by Crippen LogP contribution is -2.34. The first-order chi connectivity index (χ1) is 8.65. The zero-order valence-electron chi connectivity index (χ0n) is 11.1. The molecule has 0 spiro atoms. The second kappa shape index (κ2) is 4.57. The quantitative estimate of drug-likeness (QED) is 0.796. The maximum Gasteiger partial charge on any atom is 0.326 e. The van der Waals surface area contributed by atoms with Gasteiger partial charge < -0.3 is 10.7 Å². The fourth-order valence-corrected chi connectivity index (χ4v) is 3.60. The Labute approximate surface area is 108 Å². The second-order valence-corrected chi connectivity index (χ2v) is 6.15. The van der Waals surface area contributed by atoms with E-state index < -0.39 is 0 Å². The van der Waals surface area contributed by atoms with Gasteiger partial charge in [-0.25, -0.2) is 4.79 Å². The summed E-state index contributed by atoms with van der Waals surface area (Å²) in [6.45, 7) is 2.28. The average molecular weight is 249 g/mol. The molecule has 4 nitrogen and oxygen atoms in total. The van der Waals surface area contributed by atoms with Crippen molar-refractivity contribution in [3.63, 3.8) is 0 Å². The lowest BCUT2D eigenvalue weighted by atomic mass is 9.88. The van der Waals surface area contributed by atoms with Gasteiger partial charge >= 0.3 is 5.69 Å². The third kappa shape index (κ3) is 2.03. The molecule has 100 valence electrons. The fraction of sp³-hybridized carbons (Fsp3) is 0.786. The molecule has 1 heterocycles. The molecule has 3 unspecified atom stereocenters. The van der Waals surface area contributed by atoms with E-state index in [2.05, 4.69) is 11.9 Å². The number of hydrogen-bond donors (Lipinski definition) is 2. The van der Waals surface area contributed by atoms with Crippen molar-refractivity contribution in [2.45, 2.75) is 64.0 Å². The number of aromatic nitrogens is 2. The monoisotopic (exact) mass is 249 g/mol. The van der Waals surface area contributed by atoms with E-state index in [1.165, 1.54) is 17.8 Å². The summed E-state index contributed by atoms with van der Waals surface area (Å²) in [4.78, 5) is 15.2. The van der Waals surface area contributed by atoms with Gasteiger partial charge in [-0.1, -0.05) is 6.92 Å². The van der Waals surface area contributed by atoms with Crippen LogP contribution in [0.2, 0.25) is 0 Å². The van der Waals surface area contributed by atoms with Crippen molar-refractivity contribution in [2.24, 2.45) is 11.7 Å². The van der Waals surface area contributed by atoms with Crippen LogP contribution < -0.4 is 11.4 Å². The number of aromatic amines is 1. The van der Waals surface area contributed by atoms with E-state index in [0.29, 0.717) is 12.0 Å². The van der Waals surface area contributed by atoms with E-state index in [-0.39, 0.29) is 11.7 Å². The Balaban J connectivity index is 1.96. The molecule has 3 rings (SSSR count). The van der Waals surface area contributed by atoms with Crippen LogP contribution in [0.15, 0.2) is 4.79 Å². The molecule has 2 aliphatic rings. The number of nitrogens with zero attached hydrogens (tertiary/aromatic N) is 1. The van der Waals surface area contributed by atoms with Gasteiger partial charge in [0.1, 0.15) is 0 Å². The second-order valence-electron chi connectivity index (χ2n) is 6.15. The van der Waals surface area contributed by atoms with Crippen LogP contribution in [0.3, 0.4) is 0 Å². The van der Waals surface area contributed by atoms with Gasteiger partial charge in [-0.3, -0.25) is 4.57 Å². The normalized spacial score (nSPS) is 32.2. The number of rotatable bonds is 1. The molecule has 1 aromatic rings. The van der Waals surface area contributed by atoms with E-state index in [1.807, 2.05) is 4.57 Å². The lowest BCUT2D eigenvalue weighted by molar-refractivity contribution is 0.304. The molecule has 0 saturated heterocycles. The van der Waals surface area contributed by atoms with Gasteiger partial charge in [-0.15, -0.1) is 0 Å². The number of nitrogens with two attached hydrogens (primary N) is 1. The third-order valence-electron chi connectivity index (χ3n) is 4.60. The third-order valence-corrected chi connectivity index (χ3v) is 4.60. The number of imidazole rings is 1. The summed E-state index contributed by atoms with van der Waals surface area (Å²) in [5, 5.41) is 0. The minimum absolute atomic E-state index is 0.0909. The Morgan fingerprint density at radius 1 is 1.33 bits per heavy atom. The lowest BCUT2D eigenvalue weighted by Gasteiger charge is -2.30. The highest BCUT2D eigenvalue weighted by molar-refractivity contribution is 5.18. The number of fused-ring (bicyclic) bond motifs is 1. The van der Waals surface area contributed by atoms with Crippen molar-refractivity contribution in [2.75, 3.05) is 0 Å². The van der Waals surface area contributed by atoms with Crippen molar-refractivity contribution >= 4 is 0 Å². The summed E-state index contributed by atoms with van der Waals surface area (Å²) in [7, 11) is 0. The Morgan fingerprint density at radius 2 is 2.17 bits per heavy atom. The molecule has 2 aliphatic carbocycles. The van der Waals surface area contributed by atoms with Gasteiger partial charge in [0, 0.05) is 23.5 Å². The van der Waals surface area contributed by atoms with Crippen molar-refractivity contribution in [1.82, 2.24) is 9.55 Å². The summed E-state index contributed by atoms with van der Waals surface area (Å²) in [6, 6.07) is 0.591. The molecule has 3 N–H and O–H groups in total. The minimum atomic E-state index is 0.0909. The van der Waals surface area contributed by atoms with Crippen molar-refractivity contribution in [3.8, 4) is 0 Å². The minimum Gasteiger partial charge on any atom is -0.328 e. The van der Waals surface area contributed by atoms with Gasteiger partial charge in [0.2, 0.25) is 0 Å². The van der Waals surface area contributed by atoms with E-state index in [4.69, 9.17) is 5.73 Å². The molecular formula is C14H23N3O. The summed E-state index contributed by atoms with van der Waals surface area (Å²) in [6.07, 6.45) is 7.57. The molecule has 0 aromatic carbocycles. The predicted molar refractivity (Wildman–Crippen MR) is 71.7 cm³/mol. The van der Waals surface area contributed by atoms with Gasteiger partial charge in [0.25, 0.3) is 0 Å². The van der Waals surface area contributed by atoms with Gasteiger partial charge in [0.15, 0.2) is 0 Å². The molecule has 0 aliphatic heterocycles. The van der Waals surface area contributed by atoms with Crippen molar-refractivity contribution in [1.29, 1.82) is 0 Å². The fourth-order valence-electron chi connectivity index (χ4n) is 3.60. The van der Waals surface area contributed by atoms with Crippen LogP contribution in [-0.4, -0.2) is 15.6 Å². The molecule has 1 aromatic heterocycles. The highest BCUT2D eigenvalue weighted by Gasteiger charge is 2.28. The molecule has 0 amide bonds. The molecule has 1 saturated carbocycles.